The van der Waals surface area contributed by atoms with Gasteiger partial charge in [-0.05, 0) is 24.7 Å². The van der Waals surface area contributed by atoms with Crippen molar-refractivity contribution in [1.82, 2.24) is 4.90 Å². The van der Waals surface area contributed by atoms with Gasteiger partial charge < -0.3 is 9.47 Å². The van der Waals surface area contributed by atoms with Gasteiger partial charge in [-0.2, -0.15) is 0 Å². The summed E-state index contributed by atoms with van der Waals surface area (Å²) in [4.78, 5) is 2.07. The fourth-order valence-corrected chi connectivity index (χ4v) is 3.38. The van der Waals surface area contributed by atoms with Crippen molar-refractivity contribution < 1.29 is 17.9 Å². The molecule has 0 amide bonds. The zero-order valence-corrected chi connectivity index (χ0v) is 13.7. The van der Waals surface area contributed by atoms with Crippen LogP contribution in [-0.4, -0.2) is 40.6 Å². The largest absolute Gasteiger partial charge is 0.493 e. The lowest BCUT2D eigenvalue weighted by molar-refractivity contribution is 0.290. The van der Waals surface area contributed by atoms with E-state index in [9.17, 15) is 8.42 Å². The zero-order valence-electron chi connectivity index (χ0n) is 12.1. The summed E-state index contributed by atoms with van der Waals surface area (Å²) in [5.74, 6) is 0.488. The minimum absolute atomic E-state index is 0.0204. The summed E-state index contributed by atoms with van der Waals surface area (Å²) in [6.07, 6.45) is 0. The third kappa shape index (κ3) is 3.77. The van der Waals surface area contributed by atoms with Crippen molar-refractivity contribution in [3.8, 4) is 11.5 Å². The maximum absolute atomic E-state index is 11.9. The van der Waals surface area contributed by atoms with E-state index in [1.165, 1.54) is 14.2 Å². The van der Waals surface area contributed by atoms with Crippen LogP contribution in [0.15, 0.2) is 17.0 Å². The summed E-state index contributed by atoms with van der Waals surface area (Å²) >= 11 is 0. The topological polar surface area (TPSA) is 55.8 Å². The van der Waals surface area contributed by atoms with Crippen LogP contribution in [0.1, 0.15) is 19.4 Å². The molecule has 0 saturated carbocycles. The van der Waals surface area contributed by atoms with Crippen molar-refractivity contribution in [3.05, 3.63) is 17.7 Å². The molecule has 7 heteroatoms. The average molecular weight is 322 g/mol. The maximum atomic E-state index is 11.9. The highest BCUT2D eigenvalue weighted by Crippen LogP contribution is 2.38. The number of hydrogen-bond acceptors (Lipinski definition) is 5. The van der Waals surface area contributed by atoms with E-state index in [4.69, 9.17) is 20.2 Å². The first kappa shape index (κ1) is 17.1. The number of ether oxygens (including phenoxy) is 2. The summed E-state index contributed by atoms with van der Waals surface area (Å²) < 4.78 is 34.0. The summed E-state index contributed by atoms with van der Waals surface area (Å²) in [7, 11) is 4.48. The van der Waals surface area contributed by atoms with Gasteiger partial charge in [0.25, 0.3) is 9.05 Å². The Kier molecular flexibility index (Phi) is 6.10. The number of nitrogens with zero attached hydrogens (tertiary/aromatic N) is 1. The molecule has 20 heavy (non-hydrogen) atoms. The van der Waals surface area contributed by atoms with Gasteiger partial charge in [0.2, 0.25) is 0 Å². The molecule has 0 heterocycles. The van der Waals surface area contributed by atoms with Crippen LogP contribution in [0.2, 0.25) is 0 Å². The Morgan fingerprint density at radius 2 is 1.75 bits per heavy atom. The van der Waals surface area contributed by atoms with E-state index in [1.54, 1.807) is 12.1 Å². The van der Waals surface area contributed by atoms with E-state index in [2.05, 4.69) is 4.90 Å². The molecule has 0 aromatic heterocycles. The standard InChI is InChI=1S/C13H20ClNO4S/c1-5-15(6-2)9-10-7-8-11(18-3)12(19-4)13(10)20(14,16)17/h7-8H,5-6,9H2,1-4H3. The van der Waals surface area contributed by atoms with Crippen molar-refractivity contribution in [1.29, 1.82) is 0 Å². The van der Waals surface area contributed by atoms with Gasteiger partial charge >= 0.3 is 0 Å². The van der Waals surface area contributed by atoms with Gasteiger partial charge in [0, 0.05) is 17.2 Å². The van der Waals surface area contributed by atoms with Crippen LogP contribution >= 0.6 is 10.7 Å². The Morgan fingerprint density at radius 1 is 1.15 bits per heavy atom. The summed E-state index contributed by atoms with van der Waals surface area (Å²) in [5, 5.41) is 0. The second kappa shape index (κ2) is 7.15. The molecule has 0 unspecified atom stereocenters. The van der Waals surface area contributed by atoms with E-state index in [0.717, 1.165) is 13.1 Å². The van der Waals surface area contributed by atoms with E-state index in [1.807, 2.05) is 13.8 Å². The number of rotatable bonds is 7. The Morgan fingerprint density at radius 3 is 2.15 bits per heavy atom. The molecular weight excluding hydrogens is 302 g/mol. The van der Waals surface area contributed by atoms with E-state index in [-0.39, 0.29) is 10.6 Å². The van der Waals surface area contributed by atoms with Crippen molar-refractivity contribution in [2.45, 2.75) is 25.3 Å². The molecule has 0 aliphatic rings. The van der Waals surface area contributed by atoms with Gasteiger partial charge in [-0.1, -0.05) is 19.9 Å². The maximum Gasteiger partial charge on any atom is 0.265 e. The minimum atomic E-state index is -3.93. The molecule has 0 aliphatic heterocycles. The first-order valence-corrected chi connectivity index (χ1v) is 8.60. The highest BCUT2D eigenvalue weighted by molar-refractivity contribution is 8.13. The molecule has 0 spiro atoms. The molecule has 0 bridgehead atoms. The van der Waals surface area contributed by atoms with Gasteiger partial charge in [-0.3, -0.25) is 4.90 Å². The molecule has 0 radical (unpaired) electrons. The number of hydrogen-bond donors (Lipinski definition) is 0. The van der Waals surface area contributed by atoms with E-state index < -0.39 is 9.05 Å². The SMILES string of the molecule is CCN(CC)Cc1ccc(OC)c(OC)c1S(=O)(=O)Cl. The lowest BCUT2D eigenvalue weighted by atomic mass is 10.2. The second-order valence-electron chi connectivity index (χ2n) is 4.19. The predicted molar refractivity (Wildman–Crippen MR) is 79.2 cm³/mol. The molecule has 0 saturated heterocycles. The van der Waals surface area contributed by atoms with Crippen molar-refractivity contribution in [3.63, 3.8) is 0 Å². The van der Waals surface area contributed by atoms with E-state index >= 15 is 0 Å². The molecule has 1 aromatic rings. The smallest absolute Gasteiger partial charge is 0.265 e. The monoisotopic (exact) mass is 321 g/mol. The third-order valence-corrected chi connectivity index (χ3v) is 4.51. The molecule has 1 aromatic carbocycles. The summed E-state index contributed by atoms with van der Waals surface area (Å²) in [6, 6.07) is 3.39. The molecule has 5 nitrogen and oxygen atoms in total. The van der Waals surface area contributed by atoms with Gasteiger partial charge in [0.05, 0.1) is 14.2 Å². The average Bonchev–Trinajstić information content (AvgIpc) is 2.42. The second-order valence-corrected chi connectivity index (χ2v) is 6.69. The quantitative estimate of drug-likeness (QED) is 0.722. The van der Waals surface area contributed by atoms with Crippen LogP contribution in [0.25, 0.3) is 0 Å². The number of benzene rings is 1. The third-order valence-electron chi connectivity index (χ3n) is 3.11. The Bertz CT molecular complexity index is 556. The number of halogens is 1. The van der Waals surface area contributed by atoms with Crippen molar-refractivity contribution in [2.24, 2.45) is 0 Å². The first-order valence-electron chi connectivity index (χ1n) is 6.29. The van der Waals surface area contributed by atoms with Crippen LogP contribution in [0.4, 0.5) is 0 Å². The molecule has 114 valence electrons. The van der Waals surface area contributed by atoms with Gasteiger partial charge in [0.1, 0.15) is 4.90 Å². The molecule has 0 aliphatic carbocycles. The highest BCUT2D eigenvalue weighted by atomic mass is 35.7. The van der Waals surface area contributed by atoms with E-state index in [0.29, 0.717) is 17.9 Å². The van der Waals surface area contributed by atoms with Crippen molar-refractivity contribution in [2.75, 3.05) is 27.3 Å². The Hall–Kier alpha value is -0.980. The van der Waals surface area contributed by atoms with Gasteiger partial charge in [-0.15, -0.1) is 0 Å². The minimum Gasteiger partial charge on any atom is -0.493 e. The molecule has 0 fully saturated rings. The zero-order chi connectivity index (χ0) is 15.3. The molecule has 1 rings (SSSR count). The fraction of sp³-hybridized carbons (Fsp3) is 0.538. The molecule has 0 N–H and O–H groups in total. The van der Waals surface area contributed by atoms with Gasteiger partial charge in [0.15, 0.2) is 11.5 Å². The number of methoxy groups -OCH3 is 2. The highest BCUT2D eigenvalue weighted by Gasteiger charge is 2.25. The summed E-state index contributed by atoms with van der Waals surface area (Å²) in [6.45, 7) is 6.13. The first-order chi connectivity index (χ1) is 9.38. The van der Waals surface area contributed by atoms with Crippen LogP contribution in [0, 0.1) is 0 Å². The normalized spacial score (nSPS) is 11.7. The van der Waals surface area contributed by atoms with Crippen LogP contribution in [0.3, 0.4) is 0 Å². The fourth-order valence-electron chi connectivity index (χ4n) is 2.02. The Balaban J connectivity index is 3.45. The molecule has 0 atom stereocenters. The lowest BCUT2D eigenvalue weighted by Crippen LogP contribution is -2.23. The lowest BCUT2D eigenvalue weighted by Gasteiger charge is -2.21. The van der Waals surface area contributed by atoms with Crippen LogP contribution < -0.4 is 9.47 Å². The van der Waals surface area contributed by atoms with Crippen molar-refractivity contribution >= 4 is 19.7 Å². The summed E-state index contributed by atoms with van der Waals surface area (Å²) in [5.41, 5.74) is 0.598. The van der Waals surface area contributed by atoms with Crippen LogP contribution in [0.5, 0.6) is 11.5 Å². The predicted octanol–water partition coefficient (Wildman–Crippen LogP) is 2.47. The van der Waals surface area contributed by atoms with Crippen LogP contribution in [-0.2, 0) is 15.6 Å². The van der Waals surface area contributed by atoms with Gasteiger partial charge in [-0.25, -0.2) is 8.42 Å². The Labute approximate surface area is 124 Å². The molecular formula is C13H20ClNO4S.